The number of carbonyl (C=O) groups is 2. The van der Waals surface area contributed by atoms with Gasteiger partial charge in [0.05, 0.1) is 0 Å². The van der Waals surface area contributed by atoms with Gasteiger partial charge in [-0.1, -0.05) is 13.0 Å². The zero-order chi connectivity index (χ0) is 26.3. The first-order chi connectivity index (χ1) is 16.2. The maximum Gasteiger partial charge on any atom is 0.417 e. The number of primary amides is 1. The first-order valence-electron chi connectivity index (χ1n) is 9.91. The van der Waals surface area contributed by atoms with Crippen molar-refractivity contribution in [3.63, 3.8) is 0 Å². The third kappa shape index (κ3) is 4.88. The predicted octanol–water partition coefficient (Wildman–Crippen LogP) is 4.14. The predicted molar refractivity (Wildman–Crippen MR) is 106 cm³/mol. The zero-order valence-corrected chi connectivity index (χ0v) is 18.0. The molecular weight excluding hydrogens is 491 g/mol. The Morgan fingerprint density at radius 3 is 2.46 bits per heavy atom. The molecule has 1 saturated heterocycles. The fraction of sp³-hybridized carbons (Fsp3) is 0.381. The van der Waals surface area contributed by atoms with Crippen LogP contribution in [-0.4, -0.2) is 41.3 Å². The van der Waals surface area contributed by atoms with Crippen molar-refractivity contribution < 1.29 is 49.8 Å². The van der Waals surface area contributed by atoms with E-state index in [9.17, 15) is 40.3 Å². The van der Waals surface area contributed by atoms with Gasteiger partial charge in [-0.25, -0.2) is 4.39 Å². The van der Waals surface area contributed by atoms with Crippen molar-refractivity contribution in [3.8, 4) is 5.75 Å². The number of pyridine rings is 1. The van der Waals surface area contributed by atoms with E-state index in [1.807, 2.05) is 0 Å². The van der Waals surface area contributed by atoms with Gasteiger partial charge in [-0.3, -0.25) is 14.6 Å². The Hall–Kier alpha value is -3.42. The van der Waals surface area contributed by atoms with Crippen LogP contribution >= 0.6 is 0 Å². The zero-order valence-electron chi connectivity index (χ0n) is 18.0. The van der Waals surface area contributed by atoms with E-state index in [0.717, 1.165) is 25.3 Å². The summed E-state index contributed by atoms with van der Waals surface area (Å²) in [5.41, 5.74) is 1.14. The van der Waals surface area contributed by atoms with Crippen LogP contribution in [0.4, 0.5) is 36.4 Å². The van der Waals surface area contributed by atoms with Crippen LogP contribution in [0.25, 0.3) is 0 Å². The van der Waals surface area contributed by atoms with Gasteiger partial charge in [-0.05, 0) is 25.1 Å². The summed E-state index contributed by atoms with van der Waals surface area (Å²) in [6.45, 7) is -1.98. The number of alkyl halides is 5. The van der Waals surface area contributed by atoms with Crippen LogP contribution in [0.5, 0.6) is 5.75 Å². The fourth-order valence-corrected chi connectivity index (χ4v) is 3.90. The first kappa shape index (κ1) is 26.2. The number of nitrogens with two attached hydrogens (primary N) is 1. The van der Waals surface area contributed by atoms with Gasteiger partial charge in [0, 0.05) is 29.3 Å². The lowest BCUT2D eigenvalue weighted by atomic mass is 9.77. The van der Waals surface area contributed by atoms with E-state index in [0.29, 0.717) is 13.0 Å². The number of rotatable bonds is 6. The number of hydrogen-bond donors (Lipinski definition) is 2. The van der Waals surface area contributed by atoms with E-state index in [2.05, 4.69) is 15.0 Å². The average molecular weight is 509 g/mol. The van der Waals surface area contributed by atoms with Crippen molar-refractivity contribution in [3.05, 3.63) is 53.4 Å². The summed E-state index contributed by atoms with van der Waals surface area (Å²) in [6, 6.07) is 3.50. The van der Waals surface area contributed by atoms with E-state index in [-0.39, 0.29) is 11.4 Å². The van der Waals surface area contributed by atoms with Gasteiger partial charge in [0.1, 0.15) is 11.8 Å². The molecule has 0 aliphatic carbocycles. The molecule has 1 aliphatic rings. The molecule has 4 atom stereocenters. The van der Waals surface area contributed by atoms with Crippen LogP contribution in [0, 0.1) is 17.6 Å². The second-order valence-corrected chi connectivity index (χ2v) is 7.90. The maximum absolute atomic E-state index is 14.4. The van der Waals surface area contributed by atoms with Crippen LogP contribution in [-0.2, 0) is 9.53 Å². The largest absolute Gasteiger partial charge is 0.431 e. The molecule has 1 aromatic heterocycles. The Labute approximate surface area is 193 Å². The van der Waals surface area contributed by atoms with Crippen LogP contribution in [0.2, 0.25) is 0 Å². The minimum atomic E-state index is -5.04. The lowest BCUT2D eigenvalue weighted by Crippen LogP contribution is -2.47. The summed E-state index contributed by atoms with van der Waals surface area (Å²) in [5, 5.41) is 2.24. The molecule has 3 N–H and O–H groups in total. The van der Waals surface area contributed by atoms with E-state index in [4.69, 9.17) is 10.5 Å². The number of halogens is 7. The number of aromatic nitrogens is 1. The summed E-state index contributed by atoms with van der Waals surface area (Å²) in [6.07, 6.45) is -5.97. The van der Waals surface area contributed by atoms with E-state index in [1.165, 1.54) is 6.07 Å². The number of anilines is 1. The normalized spacial score (nSPS) is 24.5. The lowest BCUT2D eigenvalue weighted by molar-refractivity contribution is -0.272. The molecule has 2 heterocycles. The highest BCUT2D eigenvalue weighted by atomic mass is 19.4. The van der Waals surface area contributed by atoms with Crippen LogP contribution in [0.15, 0.2) is 30.5 Å². The third-order valence-corrected chi connectivity index (χ3v) is 5.85. The summed E-state index contributed by atoms with van der Waals surface area (Å²) in [5.74, 6) is -10.3. The van der Waals surface area contributed by atoms with Crippen molar-refractivity contribution in [2.75, 3.05) is 5.32 Å². The molecule has 190 valence electrons. The van der Waals surface area contributed by atoms with Gasteiger partial charge in [-0.2, -0.15) is 26.3 Å². The SMILES string of the molecule is C[C@@H]1[C@H](c2ccc(F)c(F)c2OC(F)F)[C@@H](C(=O)Nc2ccnc(C(N)=O)c2)O[C@@]1(C)C(F)(F)F. The van der Waals surface area contributed by atoms with E-state index < -0.39 is 71.1 Å². The average Bonchev–Trinajstić information content (AvgIpc) is 3.04. The summed E-state index contributed by atoms with van der Waals surface area (Å²) in [4.78, 5) is 28.0. The van der Waals surface area contributed by atoms with E-state index in [1.54, 1.807) is 0 Å². The highest BCUT2D eigenvalue weighted by molar-refractivity contribution is 5.97. The Morgan fingerprint density at radius 2 is 1.89 bits per heavy atom. The lowest BCUT2D eigenvalue weighted by Gasteiger charge is -2.32. The van der Waals surface area contributed by atoms with Crippen molar-refractivity contribution in [2.45, 2.75) is 44.3 Å². The van der Waals surface area contributed by atoms with Gasteiger partial charge >= 0.3 is 12.8 Å². The molecule has 1 fully saturated rings. The molecule has 0 spiro atoms. The molecule has 0 saturated carbocycles. The van der Waals surface area contributed by atoms with Crippen LogP contribution in [0.3, 0.4) is 0 Å². The molecule has 1 aromatic carbocycles. The molecule has 2 amide bonds. The van der Waals surface area contributed by atoms with Gasteiger partial charge < -0.3 is 20.5 Å². The van der Waals surface area contributed by atoms with Gasteiger partial charge in [0.2, 0.25) is 5.82 Å². The fourth-order valence-electron chi connectivity index (χ4n) is 3.90. The summed E-state index contributed by atoms with van der Waals surface area (Å²) >= 11 is 0. The number of carbonyl (C=O) groups excluding carboxylic acids is 2. The Kier molecular flexibility index (Phi) is 6.97. The minimum Gasteiger partial charge on any atom is -0.431 e. The summed E-state index contributed by atoms with van der Waals surface area (Å²) in [7, 11) is 0. The van der Waals surface area contributed by atoms with Crippen molar-refractivity contribution >= 4 is 17.5 Å². The second-order valence-electron chi connectivity index (χ2n) is 7.90. The molecule has 0 unspecified atom stereocenters. The molecular formula is C21H18F7N3O4. The first-order valence-corrected chi connectivity index (χ1v) is 9.91. The Morgan fingerprint density at radius 1 is 1.23 bits per heavy atom. The standard InChI is InChI=1S/C21H18F7N3O4/c1-8-13(10-3-4-11(22)14(23)15(10)34-19(24)25)16(35-20(8,2)21(26,27)28)18(33)31-9-5-6-30-12(7-9)17(29)32/h3-8,13,16,19H,1-2H3,(H2,29,32)(H,30,31,33)/t8-,13-,16+,20-/m1/s1. The molecule has 2 aromatic rings. The molecule has 14 heteroatoms. The molecule has 3 rings (SSSR count). The van der Waals surface area contributed by atoms with Crippen LogP contribution < -0.4 is 15.8 Å². The van der Waals surface area contributed by atoms with Gasteiger partial charge in [-0.15, -0.1) is 0 Å². The van der Waals surface area contributed by atoms with Crippen LogP contribution in [0.1, 0.15) is 35.8 Å². The third-order valence-electron chi connectivity index (χ3n) is 5.85. The number of nitrogens with one attached hydrogen (secondary N) is 1. The van der Waals surface area contributed by atoms with Gasteiger partial charge in [0.25, 0.3) is 11.8 Å². The molecule has 7 nitrogen and oxygen atoms in total. The molecule has 35 heavy (non-hydrogen) atoms. The van der Waals surface area contributed by atoms with Crippen molar-refractivity contribution in [2.24, 2.45) is 11.7 Å². The topological polar surface area (TPSA) is 104 Å². The monoisotopic (exact) mass is 509 g/mol. The highest BCUT2D eigenvalue weighted by Crippen LogP contribution is 2.55. The van der Waals surface area contributed by atoms with E-state index >= 15 is 0 Å². The number of hydrogen-bond acceptors (Lipinski definition) is 5. The second kappa shape index (κ2) is 9.32. The maximum atomic E-state index is 14.4. The van der Waals surface area contributed by atoms with Crippen molar-refractivity contribution in [1.29, 1.82) is 0 Å². The number of ether oxygens (including phenoxy) is 2. The summed E-state index contributed by atoms with van der Waals surface area (Å²) < 4.78 is 105. The number of benzene rings is 1. The van der Waals surface area contributed by atoms with Gasteiger partial charge in [0.15, 0.2) is 17.2 Å². The molecule has 1 aliphatic heterocycles. The Balaban J connectivity index is 2.10. The number of nitrogens with zero attached hydrogens (tertiary/aromatic N) is 1. The van der Waals surface area contributed by atoms with Crippen molar-refractivity contribution in [1.82, 2.24) is 4.98 Å². The quantitative estimate of drug-likeness (QED) is 0.570. The molecule has 0 radical (unpaired) electrons. The smallest absolute Gasteiger partial charge is 0.417 e. The minimum absolute atomic E-state index is 0.0937. The number of amides is 2. The Bertz CT molecular complexity index is 1140. The highest BCUT2D eigenvalue weighted by Gasteiger charge is 2.66. The molecule has 0 bridgehead atoms.